The van der Waals surface area contributed by atoms with Gasteiger partial charge >= 0.3 is 0 Å². The van der Waals surface area contributed by atoms with Crippen molar-refractivity contribution < 1.29 is 0 Å². The fraction of sp³-hybridized carbons (Fsp3) is 0.556. The van der Waals surface area contributed by atoms with E-state index in [2.05, 4.69) is 17.2 Å². The molecule has 0 saturated heterocycles. The molecule has 0 aliphatic carbocycles. The summed E-state index contributed by atoms with van der Waals surface area (Å²) < 4.78 is 0. The van der Waals surface area contributed by atoms with Gasteiger partial charge in [-0.3, -0.25) is 0 Å². The number of hydrogen-bond acceptors (Lipinski definition) is 1. The van der Waals surface area contributed by atoms with Crippen LogP contribution in [-0.2, 0) is 6.42 Å². The zero-order chi connectivity index (χ0) is 7.94. The topological polar surface area (TPSA) is 41.8 Å². The number of nitrogens with two attached hydrogens (primary N) is 1. The summed E-state index contributed by atoms with van der Waals surface area (Å²) >= 11 is 0. The third-order valence-electron chi connectivity index (χ3n) is 1.83. The van der Waals surface area contributed by atoms with Crippen molar-refractivity contribution in [1.82, 2.24) is 4.98 Å². The molecule has 0 fully saturated rings. The number of H-pyrrole nitrogens is 1. The van der Waals surface area contributed by atoms with Gasteiger partial charge in [0.05, 0.1) is 0 Å². The van der Waals surface area contributed by atoms with Crippen LogP contribution in [0.1, 0.15) is 24.8 Å². The van der Waals surface area contributed by atoms with Gasteiger partial charge in [-0.1, -0.05) is 6.42 Å². The lowest BCUT2D eigenvalue weighted by Gasteiger charge is -1.96. The SMILES string of the molecule is NCCCCCc1cc[nH]c1. The first-order valence-corrected chi connectivity index (χ1v) is 4.25. The molecule has 2 nitrogen and oxygen atoms in total. The Labute approximate surface area is 67.8 Å². The molecule has 0 aliphatic rings. The lowest BCUT2D eigenvalue weighted by Crippen LogP contribution is -1.97. The zero-order valence-electron chi connectivity index (χ0n) is 6.84. The van der Waals surface area contributed by atoms with Crippen molar-refractivity contribution in [2.45, 2.75) is 25.7 Å². The van der Waals surface area contributed by atoms with Crippen molar-refractivity contribution in [3.63, 3.8) is 0 Å². The summed E-state index contributed by atoms with van der Waals surface area (Å²) in [4.78, 5) is 3.05. The molecule has 0 saturated carbocycles. The van der Waals surface area contributed by atoms with E-state index in [0.717, 1.165) is 13.0 Å². The maximum Gasteiger partial charge on any atom is 0.00373 e. The number of rotatable bonds is 5. The highest BCUT2D eigenvalue weighted by Crippen LogP contribution is 2.04. The summed E-state index contributed by atoms with van der Waals surface area (Å²) in [6.45, 7) is 0.827. The van der Waals surface area contributed by atoms with E-state index in [1.165, 1.54) is 24.8 Å². The second-order valence-corrected chi connectivity index (χ2v) is 2.82. The third-order valence-corrected chi connectivity index (χ3v) is 1.83. The maximum absolute atomic E-state index is 5.38. The van der Waals surface area contributed by atoms with Crippen molar-refractivity contribution >= 4 is 0 Å². The van der Waals surface area contributed by atoms with Crippen LogP contribution in [-0.4, -0.2) is 11.5 Å². The summed E-state index contributed by atoms with van der Waals surface area (Å²) in [5, 5.41) is 0. The van der Waals surface area contributed by atoms with E-state index in [1.807, 2.05) is 6.20 Å². The number of aromatic amines is 1. The smallest absolute Gasteiger partial charge is 0.00373 e. The van der Waals surface area contributed by atoms with E-state index in [4.69, 9.17) is 5.73 Å². The minimum Gasteiger partial charge on any atom is -0.367 e. The molecule has 0 aliphatic heterocycles. The predicted molar refractivity (Wildman–Crippen MR) is 47.4 cm³/mol. The number of hydrogen-bond donors (Lipinski definition) is 2. The van der Waals surface area contributed by atoms with E-state index in [0.29, 0.717) is 0 Å². The number of aromatic nitrogens is 1. The van der Waals surface area contributed by atoms with Gasteiger partial charge in [-0.2, -0.15) is 0 Å². The highest BCUT2D eigenvalue weighted by molar-refractivity contribution is 5.07. The molecule has 0 unspecified atom stereocenters. The van der Waals surface area contributed by atoms with E-state index < -0.39 is 0 Å². The average Bonchev–Trinajstić information content (AvgIpc) is 2.50. The zero-order valence-corrected chi connectivity index (χ0v) is 6.84. The lowest BCUT2D eigenvalue weighted by molar-refractivity contribution is 0.687. The van der Waals surface area contributed by atoms with Crippen molar-refractivity contribution in [1.29, 1.82) is 0 Å². The van der Waals surface area contributed by atoms with Gasteiger partial charge in [-0.15, -0.1) is 0 Å². The molecule has 1 rings (SSSR count). The molecular weight excluding hydrogens is 136 g/mol. The molecule has 1 heterocycles. The van der Waals surface area contributed by atoms with Crippen LogP contribution in [0.3, 0.4) is 0 Å². The average molecular weight is 152 g/mol. The van der Waals surface area contributed by atoms with Crippen LogP contribution >= 0.6 is 0 Å². The van der Waals surface area contributed by atoms with Crippen LogP contribution in [0.2, 0.25) is 0 Å². The Balaban J connectivity index is 2.04. The van der Waals surface area contributed by atoms with Gasteiger partial charge in [0.2, 0.25) is 0 Å². The van der Waals surface area contributed by atoms with Crippen molar-refractivity contribution in [3.8, 4) is 0 Å². The van der Waals surface area contributed by atoms with Gasteiger partial charge in [0.25, 0.3) is 0 Å². The summed E-state index contributed by atoms with van der Waals surface area (Å²) in [6.07, 6.45) is 8.88. The van der Waals surface area contributed by atoms with Crippen LogP contribution < -0.4 is 5.73 Å². The Morgan fingerprint density at radius 3 is 2.82 bits per heavy atom. The van der Waals surface area contributed by atoms with Crippen LogP contribution in [0.25, 0.3) is 0 Å². The molecule has 62 valence electrons. The van der Waals surface area contributed by atoms with E-state index in [-0.39, 0.29) is 0 Å². The molecule has 0 radical (unpaired) electrons. The van der Waals surface area contributed by atoms with Gasteiger partial charge in [0.1, 0.15) is 0 Å². The molecule has 0 aromatic carbocycles. The van der Waals surface area contributed by atoms with Crippen LogP contribution in [0.5, 0.6) is 0 Å². The van der Waals surface area contributed by atoms with Gasteiger partial charge in [0, 0.05) is 12.4 Å². The summed E-state index contributed by atoms with van der Waals surface area (Å²) in [7, 11) is 0. The molecule has 0 atom stereocenters. The fourth-order valence-electron chi connectivity index (χ4n) is 1.16. The van der Waals surface area contributed by atoms with Crippen molar-refractivity contribution in [3.05, 3.63) is 24.0 Å². The third kappa shape index (κ3) is 3.23. The van der Waals surface area contributed by atoms with Crippen LogP contribution in [0, 0.1) is 0 Å². The predicted octanol–water partition coefficient (Wildman–Crippen LogP) is 1.69. The standard InChI is InChI=1S/C9H16N2/c10-6-3-1-2-4-9-5-7-11-8-9/h5,7-8,11H,1-4,6,10H2. The Hall–Kier alpha value is -0.760. The van der Waals surface area contributed by atoms with Gasteiger partial charge < -0.3 is 10.7 Å². The van der Waals surface area contributed by atoms with Crippen molar-refractivity contribution in [2.24, 2.45) is 5.73 Å². The van der Waals surface area contributed by atoms with Crippen molar-refractivity contribution in [2.75, 3.05) is 6.54 Å². The molecule has 11 heavy (non-hydrogen) atoms. The molecule has 0 spiro atoms. The number of nitrogens with one attached hydrogen (secondary N) is 1. The van der Waals surface area contributed by atoms with Gasteiger partial charge in [0.15, 0.2) is 0 Å². The molecular formula is C9H16N2. The molecule has 0 amide bonds. The summed E-state index contributed by atoms with van der Waals surface area (Å²) in [5.74, 6) is 0. The Kier molecular flexibility index (Phi) is 3.76. The Morgan fingerprint density at radius 2 is 2.18 bits per heavy atom. The minimum absolute atomic E-state index is 0.827. The second kappa shape index (κ2) is 4.97. The Bertz CT molecular complexity index is 168. The normalized spacial score (nSPS) is 10.3. The first-order valence-electron chi connectivity index (χ1n) is 4.25. The first-order chi connectivity index (χ1) is 5.43. The van der Waals surface area contributed by atoms with Crippen LogP contribution in [0.4, 0.5) is 0 Å². The molecule has 1 aromatic heterocycles. The highest BCUT2D eigenvalue weighted by Gasteiger charge is 1.91. The summed E-state index contributed by atoms with van der Waals surface area (Å²) in [5.41, 5.74) is 6.79. The van der Waals surface area contributed by atoms with Gasteiger partial charge in [-0.25, -0.2) is 0 Å². The summed E-state index contributed by atoms with van der Waals surface area (Å²) in [6, 6.07) is 2.13. The Morgan fingerprint density at radius 1 is 1.27 bits per heavy atom. The molecule has 0 bridgehead atoms. The fourth-order valence-corrected chi connectivity index (χ4v) is 1.16. The largest absolute Gasteiger partial charge is 0.367 e. The molecule has 1 aromatic rings. The quantitative estimate of drug-likeness (QED) is 0.619. The number of aryl methyl sites for hydroxylation is 1. The monoisotopic (exact) mass is 152 g/mol. The number of unbranched alkanes of at least 4 members (excludes halogenated alkanes) is 2. The highest BCUT2D eigenvalue weighted by atomic mass is 14.6. The maximum atomic E-state index is 5.38. The van der Waals surface area contributed by atoms with E-state index in [1.54, 1.807) is 0 Å². The van der Waals surface area contributed by atoms with Gasteiger partial charge in [-0.05, 0) is 37.4 Å². The molecule has 2 heteroatoms. The van der Waals surface area contributed by atoms with E-state index >= 15 is 0 Å². The lowest BCUT2D eigenvalue weighted by atomic mass is 10.1. The second-order valence-electron chi connectivity index (χ2n) is 2.82. The van der Waals surface area contributed by atoms with E-state index in [9.17, 15) is 0 Å². The molecule has 3 N–H and O–H groups in total. The first kappa shape index (κ1) is 8.34. The minimum atomic E-state index is 0.827. The van der Waals surface area contributed by atoms with Crippen LogP contribution in [0.15, 0.2) is 18.5 Å².